The Morgan fingerprint density at radius 3 is 2.64 bits per heavy atom. The molecule has 6 nitrogen and oxygen atoms in total. The summed E-state index contributed by atoms with van der Waals surface area (Å²) >= 11 is 8.26. The number of nitrogens with zero attached hydrogens (tertiary/aromatic N) is 2. The number of amides is 2. The van der Waals surface area contributed by atoms with Gasteiger partial charge in [-0.3, -0.25) is 9.59 Å². The molecule has 0 saturated heterocycles. The minimum Gasteiger partial charge on any atom is -0.436 e. The number of ether oxygens (including phenoxy) is 1. The second-order valence-electron chi connectivity index (χ2n) is 9.05. The van der Waals surface area contributed by atoms with Gasteiger partial charge in [0, 0.05) is 33.5 Å². The lowest BCUT2D eigenvalue weighted by Gasteiger charge is -2.23. The van der Waals surface area contributed by atoms with Crippen LogP contribution in [0.2, 0.25) is 5.02 Å². The van der Waals surface area contributed by atoms with Gasteiger partial charge in [0.2, 0.25) is 5.88 Å². The second-order valence-corrected chi connectivity index (χ2v) is 10.4. The Morgan fingerprint density at radius 2 is 1.79 bits per heavy atom. The molecule has 39 heavy (non-hydrogen) atoms. The number of carbonyl (C=O) groups is 2. The number of hydrogen-bond donors (Lipinski definition) is 1. The molecule has 2 aromatic heterocycles. The van der Waals surface area contributed by atoms with Gasteiger partial charge in [0.1, 0.15) is 0 Å². The lowest BCUT2D eigenvalue weighted by molar-refractivity contribution is 0.0984. The molecule has 1 aliphatic heterocycles. The second kappa shape index (κ2) is 10.4. The molecule has 0 atom stereocenters. The number of nitrogens with one attached hydrogen (secondary N) is 1. The Bertz CT molecular complexity index is 1720. The maximum Gasteiger partial charge on any atom is 0.260 e. The molecule has 3 heterocycles. The number of benzene rings is 3. The summed E-state index contributed by atoms with van der Waals surface area (Å²) in [6.07, 6.45) is 1.66. The minimum atomic E-state index is -0.281. The van der Waals surface area contributed by atoms with Gasteiger partial charge in [-0.05, 0) is 60.3 Å². The van der Waals surface area contributed by atoms with Crippen LogP contribution in [0.4, 0.5) is 11.4 Å². The number of thiophene rings is 1. The number of aryl methyl sites for hydroxylation is 1. The topological polar surface area (TPSA) is 71.5 Å². The van der Waals surface area contributed by atoms with Crippen LogP contribution in [0.15, 0.2) is 96.5 Å². The molecule has 2 amide bonds. The van der Waals surface area contributed by atoms with Crippen LogP contribution in [0.5, 0.6) is 11.6 Å². The van der Waals surface area contributed by atoms with E-state index in [1.165, 1.54) is 0 Å². The smallest absolute Gasteiger partial charge is 0.260 e. The Labute approximate surface area is 234 Å². The molecular formula is C31H22ClN3O3S. The number of hydrogen-bond acceptors (Lipinski definition) is 5. The van der Waals surface area contributed by atoms with Crippen molar-refractivity contribution in [2.24, 2.45) is 0 Å². The van der Waals surface area contributed by atoms with Crippen LogP contribution in [0.1, 0.15) is 31.8 Å². The highest BCUT2D eigenvalue weighted by atomic mass is 35.5. The molecule has 192 valence electrons. The van der Waals surface area contributed by atoms with Crippen molar-refractivity contribution in [3.05, 3.63) is 124 Å². The fourth-order valence-corrected chi connectivity index (χ4v) is 5.60. The van der Waals surface area contributed by atoms with Crippen molar-refractivity contribution >= 4 is 46.1 Å². The summed E-state index contributed by atoms with van der Waals surface area (Å²) in [7, 11) is 0. The van der Waals surface area contributed by atoms with E-state index >= 15 is 0 Å². The van der Waals surface area contributed by atoms with E-state index in [2.05, 4.69) is 10.3 Å². The first-order valence-electron chi connectivity index (χ1n) is 12.3. The van der Waals surface area contributed by atoms with E-state index in [0.717, 1.165) is 16.0 Å². The van der Waals surface area contributed by atoms with Crippen molar-refractivity contribution in [2.45, 2.75) is 13.5 Å². The normalized spacial score (nSPS) is 12.1. The maximum atomic E-state index is 13.9. The average Bonchev–Trinajstić information content (AvgIpc) is 3.43. The molecule has 0 spiro atoms. The summed E-state index contributed by atoms with van der Waals surface area (Å²) in [4.78, 5) is 34.2. The van der Waals surface area contributed by atoms with Gasteiger partial charge in [-0.25, -0.2) is 4.98 Å². The van der Waals surface area contributed by atoms with Gasteiger partial charge in [0.15, 0.2) is 5.75 Å². The molecule has 0 unspecified atom stereocenters. The average molecular weight is 552 g/mol. The van der Waals surface area contributed by atoms with Crippen molar-refractivity contribution in [3.63, 3.8) is 0 Å². The molecule has 0 fully saturated rings. The first kappa shape index (κ1) is 24.9. The summed E-state index contributed by atoms with van der Waals surface area (Å²) < 4.78 is 6.03. The molecule has 0 saturated carbocycles. The van der Waals surface area contributed by atoms with E-state index in [4.69, 9.17) is 16.3 Å². The van der Waals surface area contributed by atoms with Gasteiger partial charge < -0.3 is 15.0 Å². The van der Waals surface area contributed by atoms with Gasteiger partial charge in [0.05, 0.1) is 22.8 Å². The van der Waals surface area contributed by atoms with E-state index in [1.807, 2.05) is 73.0 Å². The van der Waals surface area contributed by atoms with E-state index in [9.17, 15) is 9.59 Å². The first-order chi connectivity index (χ1) is 19.0. The van der Waals surface area contributed by atoms with E-state index in [1.54, 1.807) is 46.7 Å². The van der Waals surface area contributed by atoms with E-state index in [0.29, 0.717) is 39.7 Å². The Balaban J connectivity index is 1.32. The highest BCUT2D eigenvalue weighted by molar-refractivity contribution is 7.13. The SMILES string of the molecule is Cc1cc(C(=O)N2Cc3cccnc3Oc3ccccc32)c(Cl)cc1NC(=O)c1ccccc1-c1cccs1. The minimum absolute atomic E-state index is 0.237. The van der Waals surface area contributed by atoms with Crippen molar-refractivity contribution in [1.29, 1.82) is 0 Å². The van der Waals surface area contributed by atoms with Gasteiger partial charge in [-0.1, -0.05) is 54.1 Å². The number of aromatic nitrogens is 1. The van der Waals surface area contributed by atoms with Crippen LogP contribution in [0, 0.1) is 6.92 Å². The zero-order chi connectivity index (χ0) is 26.9. The fraction of sp³-hybridized carbons (Fsp3) is 0.0645. The predicted molar refractivity (Wildman–Crippen MR) is 155 cm³/mol. The summed E-state index contributed by atoms with van der Waals surface area (Å²) in [5, 5.41) is 5.20. The molecule has 0 radical (unpaired) electrons. The van der Waals surface area contributed by atoms with Gasteiger partial charge in [0.25, 0.3) is 11.8 Å². The summed E-state index contributed by atoms with van der Waals surface area (Å²) in [6.45, 7) is 2.11. The third-order valence-corrected chi connectivity index (χ3v) is 7.75. The fourth-order valence-electron chi connectivity index (χ4n) is 4.59. The van der Waals surface area contributed by atoms with Gasteiger partial charge >= 0.3 is 0 Å². The van der Waals surface area contributed by atoms with Crippen LogP contribution in [0.3, 0.4) is 0 Å². The zero-order valence-corrected chi connectivity index (χ0v) is 22.4. The summed E-state index contributed by atoms with van der Waals surface area (Å²) in [5.74, 6) is 0.463. The monoisotopic (exact) mass is 551 g/mol. The lowest BCUT2D eigenvalue weighted by Crippen LogP contribution is -2.30. The van der Waals surface area contributed by atoms with Crippen molar-refractivity contribution < 1.29 is 14.3 Å². The van der Waals surface area contributed by atoms with Gasteiger partial charge in [-0.15, -0.1) is 11.3 Å². The molecule has 0 aliphatic carbocycles. The predicted octanol–water partition coefficient (Wildman–Crippen LogP) is 7.98. The number of fused-ring (bicyclic) bond motifs is 2. The largest absolute Gasteiger partial charge is 0.436 e. The summed E-state index contributed by atoms with van der Waals surface area (Å²) in [5.41, 5.74) is 4.40. The van der Waals surface area contributed by atoms with Gasteiger partial charge in [-0.2, -0.15) is 0 Å². The van der Waals surface area contributed by atoms with Crippen LogP contribution in [-0.4, -0.2) is 16.8 Å². The van der Waals surface area contributed by atoms with Crippen LogP contribution in [-0.2, 0) is 6.54 Å². The van der Waals surface area contributed by atoms with Crippen molar-refractivity contribution in [3.8, 4) is 22.1 Å². The summed E-state index contributed by atoms with van der Waals surface area (Å²) in [6, 6.07) is 25.8. The Hall–Kier alpha value is -4.46. The highest BCUT2D eigenvalue weighted by Crippen LogP contribution is 2.39. The molecule has 1 N–H and O–H groups in total. The zero-order valence-electron chi connectivity index (χ0n) is 20.9. The van der Waals surface area contributed by atoms with Crippen LogP contribution in [0.25, 0.3) is 10.4 Å². The number of anilines is 2. The molecule has 0 bridgehead atoms. The molecule has 5 aromatic rings. The van der Waals surface area contributed by atoms with Crippen molar-refractivity contribution in [1.82, 2.24) is 4.98 Å². The number of halogens is 1. The lowest BCUT2D eigenvalue weighted by atomic mass is 10.0. The first-order valence-corrected chi connectivity index (χ1v) is 13.5. The number of rotatable bonds is 4. The van der Waals surface area contributed by atoms with Crippen LogP contribution < -0.4 is 15.0 Å². The molecular weight excluding hydrogens is 530 g/mol. The number of carbonyl (C=O) groups excluding carboxylic acids is 2. The third-order valence-electron chi connectivity index (χ3n) is 6.54. The number of para-hydroxylation sites is 2. The Kier molecular flexibility index (Phi) is 6.60. The molecule has 8 heteroatoms. The van der Waals surface area contributed by atoms with E-state index < -0.39 is 0 Å². The molecule has 3 aromatic carbocycles. The van der Waals surface area contributed by atoms with E-state index in [-0.39, 0.29) is 23.4 Å². The Morgan fingerprint density at radius 1 is 0.974 bits per heavy atom. The maximum absolute atomic E-state index is 13.9. The number of pyridine rings is 1. The molecule has 1 aliphatic rings. The van der Waals surface area contributed by atoms with Crippen LogP contribution >= 0.6 is 22.9 Å². The standard InChI is InChI=1S/C31H22ClN3O3S/c1-19-16-23(31(37)35-18-20-8-6-14-33-30(20)38-27-12-5-4-11-26(27)35)24(32)17-25(19)34-29(36)22-10-3-2-9-21(22)28-13-7-15-39-28/h2-17H,18H2,1H3,(H,34,36). The third kappa shape index (κ3) is 4.78. The highest BCUT2D eigenvalue weighted by Gasteiger charge is 2.28. The molecule has 6 rings (SSSR count). The van der Waals surface area contributed by atoms with Crippen molar-refractivity contribution in [2.75, 3.05) is 10.2 Å². The quantitative estimate of drug-likeness (QED) is 0.246.